The number of aromatic nitrogens is 3. The Balaban J connectivity index is 1.74. The monoisotopic (exact) mass is 412 g/mol. The highest BCUT2D eigenvalue weighted by Crippen LogP contribution is 2.28. The zero-order valence-electron chi connectivity index (χ0n) is 17.7. The lowest BCUT2D eigenvalue weighted by Crippen LogP contribution is -2.22. The predicted octanol–water partition coefficient (Wildman–Crippen LogP) is 4.52. The van der Waals surface area contributed by atoms with Crippen molar-refractivity contribution in [2.24, 2.45) is 0 Å². The van der Waals surface area contributed by atoms with Gasteiger partial charge in [-0.1, -0.05) is 23.8 Å². The van der Waals surface area contributed by atoms with E-state index < -0.39 is 0 Å². The van der Waals surface area contributed by atoms with Crippen LogP contribution in [0.4, 0.5) is 0 Å². The van der Waals surface area contributed by atoms with E-state index in [0.29, 0.717) is 18.0 Å². The van der Waals surface area contributed by atoms with Gasteiger partial charge >= 0.3 is 0 Å². The largest absolute Gasteiger partial charge is 0.493 e. The Morgan fingerprint density at radius 1 is 1.10 bits per heavy atom. The van der Waals surface area contributed by atoms with E-state index in [-0.39, 0.29) is 0 Å². The zero-order chi connectivity index (χ0) is 21.0. The van der Waals surface area contributed by atoms with Gasteiger partial charge in [-0.2, -0.15) is 5.10 Å². The SMILES string of the molecule is CCOc1ccc(CN(C)Cn2ncn(-c3ccc(C)cc3C)c2=S)cc1OC. The third-order valence-electron chi connectivity index (χ3n) is 4.70. The van der Waals surface area contributed by atoms with Crippen LogP contribution in [0.3, 0.4) is 0 Å². The first-order chi connectivity index (χ1) is 13.9. The summed E-state index contributed by atoms with van der Waals surface area (Å²) in [5.74, 6) is 1.50. The van der Waals surface area contributed by atoms with Gasteiger partial charge in [-0.25, -0.2) is 4.68 Å². The Hall–Kier alpha value is -2.64. The summed E-state index contributed by atoms with van der Waals surface area (Å²) in [6, 6.07) is 12.3. The molecule has 29 heavy (non-hydrogen) atoms. The van der Waals surface area contributed by atoms with Crippen molar-refractivity contribution >= 4 is 12.2 Å². The van der Waals surface area contributed by atoms with Crippen LogP contribution in [0.25, 0.3) is 5.69 Å². The summed E-state index contributed by atoms with van der Waals surface area (Å²) in [6.45, 7) is 8.07. The van der Waals surface area contributed by atoms with Gasteiger partial charge in [-0.05, 0) is 69.4 Å². The van der Waals surface area contributed by atoms with E-state index in [1.807, 2.05) is 35.4 Å². The average Bonchev–Trinajstić information content (AvgIpc) is 3.03. The lowest BCUT2D eigenvalue weighted by molar-refractivity contribution is 0.243. The molecular weight excluding hydrogens is 384 g/mol. The number of ether oxygens (including phenoxy) is 2. The molecule has 0 aliphatic carbocycles. The molecule has 3 rings (SSSR count). The Labute approximate surface area is 177 Å². The molecule has 0 amide bonds. The molecule has 1 heterocycles. The Kier molecular flexibility index (Phi) is 6.71. The van der Waals surface area contributed by atoms with E-state index in [9.17, 15) is 0 Å². The minimum Gasteiger partial charge on any atom is -0.493 e. The van der Waals surface area contributed by atoms with Gasteiger partial charge in [0.2, 0.25) is 4.77 Å². The summed E-state index contributed by atoms with van der Waals surface area (Å²) in [5, 5.41) is 4.50. The number of nitrogens with zero attached hydrogens (tertiary/aromatic N) is 4. The summed E-state index contributed by atoms with van der Waals surface area (Å²) >= 11 is 5.67. The van der Waals surface area contributed by atoms with Gasteiger partial charge in [0.1, 0.15) is 6.33 Å². The molecule has 0 saturated carbocycles. The van der Waals surface area contributed by atoms with E-state index in [2.05, 4.69) is 48.1 Å². The van der Waals surface area contributed by atoms with E-state index in [1.54, 1.807) is 13.4 Å². The summed E-state index contributed by atoms with van der Waals surface area (Å²) in [7, 11) is 3.70. The van der Waals surface area contributed by atoms with E-state index in [4.69, 9.17) is 21.7 Å². The topological polar surface area (TPSA) is 44.5 Å². The van der Waals surface area contributed by atoms with Crippen LogP contribution in [0.1, 0.15) is 23.6 Å². The van der Waals surface area contributed by atoms with E-state index >= 15 is 0 Å². The summed E-state index contributed by atoms with van der Waals surface area (Å²) in [6.07, 6.45) is 1.79. The molecule has 0 radical (unpaired) electrons. The van der Waals surface area contributed by atoms with Gasteiger partial charge in [-0.3, -0.25) is 9.47 Å². The van der Waals surface area contributed by atoms with Crippen LogP contribution in [-0.4, -0.2) is 40.0 Å². The van der Waals surface area contributed by atoms with Crippen LogP contribution in [0, 0.1) is 18.6 Å². The second-order valence-electron chi connectivity index (χ2n) is 7.15. The van der Waals surface area contributed by atoms with Crippen LogP contribution in [0.2, 0.25) is 0 Å². The summed E-state index contributed by atoms with van der Waals surface area (Å²) in [4.78, 5) is 2.16. The van der Waals surface area contributed by atoms with Crippen molar-refractivity contribution in [3.8, 4) is 17.2 Å². The molecule has 6 nitrogen and oxygen atoms in total. The molecule has 0 N–H and O–H groups in total. The molecule has 0 spiro atoms. The van der Waals surface area contributed by atoms with Crippen LogP contribution in [-0.2, 0) is 13.2 Å². The lowest BCUT2D eigenvalue weighted by Gasteiger charge is -2.18. The van der Waals surface area contributed by atoms with Crippen molar-refractivity contribution in [1.82, 2.24) is 19.2 Å². The molecule has 0 aliphatic rings. The fourth-order valence-corrected chi connectivity index (χ4v) is 3.60. The first-order valence-electron chi connectivity index (χ1n) is 9.63. The van der Waals surface area contributed by atoms with Gasteiger partial charge < -0.3 is 9.47 Å². The number of benzene rings is 2. The number of rotatable bonds is 8. The van der Waals surface area contributed by atoms with Gasteiger partial charge in [0.25, 0.3) is 0 Å². The van der Waals surface area contributed by atoms with Crippen LogP contribution in [0.5, 0.6) is 11.5 Å². The number of aryl methyl sites for hydroxylation is 2. The Bertz CT molecular complexity index is 1040. The molecule has 3 aromatic rings. The Morgan fingerprint density at radius 2 is 1.90 bits per heavy atom. The normalized spacial score (nSPS) is 11.1. The molecule has 154 valence electrons. The molecule has 1 aromatic heterocycles. The molecule has 0 atom stereocenters. The maximum absolute atomic E-state index is 5.67. The van der Waals surface area contributed by atoms with Crippen molar-refractivity contribution in [2.75, 3.05) is 20.8 Å². The zero-order valence-corrected chi connectivity index (χ0v) is 18.5. The van der Waals surface area contributed by atoms with Crippen molar-refractivity contribution in [3.63, 3.8) is 0 Å². The molecule has 0 fully saturated rings. The first kappa shape index (κ1) is 21.1. The summed E-state index contributed by atoms with van der Waals surface area (Å²) < 4.78 is 15.5. The molecule has 0 bridgehead atoms. The van der Waals surface area contributed by atoms with Crippen molar-refractivity contribution in [2.45, 2.75) is 34.0 Å². The maximum Gasteiger partial charge on any atom is 0.203 e. The van der Waals surface area contributed by atoms with Gasteiger partial charge in [0, 0.05) is 6.54 Å². The molecule has 2 aromatic carbocycles. The fourth-order valence-electron chi connectivity index (χ4n) is 3.35. The number of hydrogen-bond acceptors (Lipinski definition) is 5. The van der Waals surface area contributed by atoms with E-state index in [1.165, 1.54) is 11.1 Å². The summed E-state index contributed by atoms with van der Waals surface area (Å²) in [5.41, 5.74) is 4.60. The quantitative estimate of drug-likeness (QED) is 0.509. The van der Waals surface area contributed by atoms with Gasteiger partial charge in [-0.15, -0.1) is 0 Å². The second-order valence-corrected chi connectivity index (χ2v) is 7.51. The smallest absolute Gasteiger partial charge is 0.203 e. The van der Waals surface area contributed by atoms with Crippen LogP contribution < -0.4 is 9.47 Å². The van der Waals surface area contributed by atoms with Crippen LogP contribution >= 0.6 is 12.2 Å². The molecular formula is C22H28N4O2S. The molecule has 0 aliphatic heterocycles. The number of hydrogen-bond donors (Lipinski definition) is 0. The highest BCUT2D eigenvalue weighted by Gasteiger charge is 2.11. The highest BCUT2D eigenvalue weighted by molar-refractivity contribution is 7.71. The molecule has 0 unspecified atom stereocenters. The van der Waals surface area contributed by atoms with Gasteiger partial charge in [0.05, 0.1) is 26.1 Å². The molecule has 7 heteroatoms. The highest BCUT2D eigenvalue weighted by atomic mass is 32.1. The third kappa shape index (κ3) is 4.86. The standard InChI is InChI=1S/C22H28N4O2S/c1-6-28-20-10-8-18(12-21(20)27-5)13-24(4)15-26-22(29)25(14-23-26)19-9-7-16(2)11-17(19)3/h7-12,14H,6,13,15H2,1-5H3. The number of methoxy groups -OCH3 is 1. The van der Waals surface area contributed by atoms with E-state index in [0.717, 1.165) is 29.3 Å². The molecule has 0 saturated heterocycles. The van der Waals surface area contributed by atoms with Crippen molar-refractivity contribution in [3.05, 3.63) is 64.2 Å². The predicted molar refractivity (Wildman–Crippen MR) is 117 cm³/mol. The second kappa shape index (κ2) is 9.24. The van der Waals surface area contributed by atoms with Crippen LogP contribution in [0.15, 0.2) is 42.7 Å². The van der Waals surface area contributed by atoms with Gasteiger partial charge in [0.15, 0.2) is 11.5 Å². The minimum absolute atomic E-state index is 0.590. The lowest BCUT2D eigenvalue weighted by atomic mass is 10.1. The average molecular weight is 413 g/mol. The first-order valence-corrected chi connectivity index (χ1v) is 10.0. The van der Waals surface area contributed by atoms with Crippen molar-refractivity contribution < 1.29 is 9.47 Å². The minimum atomic E-state index is 0.590. The maximum atomic E-state index is 5.67. The van der Waals surface area contributed by atoms with Crippen molar-refractivity contribution in [1.29, 1.82) is 0 Å². The fraction of sp³-hybridized carbons (Fsp3) is 0.364. The third-order valence-corrected chi connectivity index (χ3v) is 5.11. The Morgan fingerprint density at radius 3 is 2.59 bits per heavy atom.